The number of benzene rings is 2. The van der Waals surface area contributed by atoms with Crippen LogP contribution in [-0.4, -0.2) is 11.5 Å². The number of nitrogens with two attached hydrogens (primary N) is 1. The van der Waals surface area contributed by atoms with Crippen molar-refractivity contribution in [2.24, 2.45) is 5.73 Å². The summed E-state index contributed by atoms with van der Waals surface area (Å²) in [6, 6.07) is 18.6. The highest BCUT2D eigenvalue weighted by atomic mass is 35.5. The van der Waals surface area contributed by atoms with Crippen molar-refractivity contribution in [1.29, 1.82) is 0 Å². The van der Waals surface area contributed by atoms with Gasteiger partial charge in [0.25, 0.3) is 0 Å². The Hall–Kier alpha value is -2.10. The first-order valence-corrected chi connectivity index (χ1v) is 7.12. The average Bonchev–Trinajstić information content (AvgIpc) is 2.98. The molecule has 0 saturated heterocycles. The summed E-state index contributed by atoms with van der Waals surface area (Å²) >= 11 is 0. The quantitative estimate of drug-likeness (QED) is 0.778. The molecule has 0 amide bonds. The zero-order valence-corrected chi connectivity index (χ0v) is 13.1. The van der Waals surface area contributed by atoms with Crippen LogP contribution in [0.15, 0.2) is 65.4 Å². The SMILES string of the molecule is Cl.NCCc1ccc(-c2ocnc2Cc2ccccc2)cc1. The standard InChI is InChI=1S/C18H18N2O.ClH/c19-11-10-14-6-8-16(9-7-14)18-17(20-13-21-18)12-15-4-2-1-3-5-15;/h1-9,13H,10-12,19H2;1H. The van der Waals surface area contributed by atoms with Crippen LogP contribution in [-0.2, 0) is 12.8 Å². The third-order valence-electron chi connectivity index (χ3n) is 3.50. The maximum absolute atomic E-state index is 5.59. The second-order valence-corrected chi connectivity index (χ2v) is 5.03. The van der Waals surface area contributed by atoms with E-state index in [2.05, 4.69) is 41.4 Å². The zero-order chi connectivity index (χ0) is 14.5. The van der Waals surface area contributed by atoms with Crippen LogP contribution < -0.4 is 5.73 Å². The second-order valence-electron chi connectivity index (χ2n) is 5.03. The summed E-state index contributed by atoms with van der Waals surface area (Å²) in [7, 11) is 0. The van der Waals surface area contributed by atoms with E-state index in [1.54, 1.807) is 0 Å². The maximum atomic E-state index is 5.59. The van der Waals surface area contributed by atoms with Crippen molar-refractivity contribution < 1.29 is 4.42 Å². The van der Waals surface area contributed by atoms with Gasteiger partial charge in [-0.05, 0) is 24.1 Å². The minimum atomic E-state index is 0. The molecule has 2 aromatic carbocycles. The Morgan fingerprint density at radius 2 is 1.64 bits per heavy atom. The zero-order valence-electron chi connectivity index (χ0n) is 12.2. The molecule has 0 spiro atoms. The maximum Gasteiger partial charge on any atom is 0.181 e. The molecule has 22 heavy (non-hydrogen) atoms. The van der Waals surface area contributed by atoms with Crippen molar-refractivity contribution in [2.45, 2.75) is 12.8 Å². The third-order valence-corrected chi connectivity index (χ3v) is 3.50. The fourth-order valence-corrected chi connectivity index (χ4v) is 2.41. The highest BCUT2D eigenvalue weighted by Crippen LogP contribution is 2.25. The van der Waals surface area contributed by atoms with Crippen LogP contribution >= 0.6 is 12.4 Å². The Morgan fingerprint density at radius 1 is 0.909 bits per heavy atom. The lowest BCUT2D eigenvalue weighted by atomic mass is 10.0. The van der Waals surface area contributed by atoms with Crippen LogP contribution in [0.25, 0.3) is 11.3 Å². The molecule has 0 fully saturated rings. The Morgan fingerprint density at radius 3 is 2.32 bits per heavy atom. The van der Waals surface area contributed by atoms with Gasteiger partial charge >= 0.3 is 0 Å². The second kappa shape index (κ2) is 7.78. The lowest BCUT2D eigenvalue weighted by Crippen LogP contribution is -2.02. The molecule has 0 unspecified atom stereocenters. The summed E-state index contributed by atoms with van der Waals surface area (Å²) < 4.78 is 5.59. The van der Waals surface area contributed by atoms with Crippen molar-refractivity contribution in [2.75, 3.05) is 6.54 Å². The van der Waals surface area contributed by atoms with Crippen LogP contribution in [0.1, 0.15) is 16.8 Å². The van der Waals surface area contributed by atoms with E-state index in [1.165, 1.54) is 17.5 Å². The number of nitrogens with zero attached hydrogens (tertiary/aromatic N) is 1. The number of hydrogen-bond acceptors (Lipinski definition) is 3. The number of aromatic nitrogens is 1. The van der Waals surface area contributed by atoms with Gasteiger partial charge in [-0.15, -0.1) is 12.4 Å². The molecule has 3 nitrogen and oxygen atoms in total. The molecule has 0 bridgehead atoms. The molecule has 1 aromatic heterocycles. The van der Waals surface area contributed by atoms with Gasteiger partial charge in [-0.25, -0.2) is 4.98 Å². The van der Waals surface area contributed by atoms with E-state index in [9.17, 15) is 0 Å². The Labute approximate surface area is 136 Å². The van der Waals surface area contributed by atoms with E-state index in [0.717, 1.165) is 29.9 Å². The van der Waals surface area contributed by atoms with E-state index < -0.39 is 0 Å². The summed E-state index contributed by atoms with van der Waals surface area (Å²) in [5.74, 6) is 0.846. The molecule has 0 saturated carbocycles. The van der Waals surface area contributed by atoms with Gasteiger partial charge in [0.2, 0.25) is 0 Å². The molecule has 2 N–H and O–H groups in total. The van der Waals surface area contributed by atoms with Gasteiger partial charge in [0.1, 0.15) is 0 Å². The number of oxazole rings is 1. The molecular weight excluding hydrogens is 296 g/mol. The predicted molar refractivity (Wildman–Crippen MR) is 91.2 cm³/mol. The van der Waals surface area contributed by atoms with Crippen molar-refractivity contribution in [3.8, 4) is 11.3 Å². The molecular formula is C18H19ClN2O. The summed E-state index contributed by atoms with van der Waals surface area (Å²) in [4.78, 5) is 4.36. The fourth-order valence-electron chi connectivity index (χ4n) is 2.41. The first-order chi connectivity index (χ1) is 10.4. The summed E-state index contributed by atoms with van der Waals surface area (Å²) in [5.41, 5.74) is 10.1. The van der Waals surface area contributed by atoms with Gasteiger partial charge in [0.15, 0.2) is 12.2 Å². The highest BCUT2D eigenvalue weighted by Gasteiger charge is 2.11. The van der Waals surface area contributed by atoms with E-state index in [0.29, 0.717) is 6.54 Å². The molecule has 0 atom stereocenters. The van der Waals surface area contributed by atoms with Crippen LogP contribution in [0.5, 0.6) is 0 Å². The molecule has 0 aliphatic heterocycles. The van der Waals surface area contributed by atoms with Gasteiger partial charge in [-0.2, -0.15) is 0 Å². The molecule has 4 heteroatoms. The van der Waals surface area contributed by atoms with Crippen molar-refractivity contribution >= 4 is 12.4 Å². The Bertz CT molecular complexity index is 693. The van der Waals surface area contributed by atoms with E-state index >= 15 is 0 Å². The van der Waals surface area contributed by atoms with Crippen LogP contribution in [0, 0.1) is 0 Å². The number of halogens is 1. The normalized spacial score (nSPS) is 10.2. The highest BCUT2D eigenvalue weighted by molar-refractivity contribution is 5.85. The van der Waals surface area contributed by atoms with Crippen LogP contribution in [0.2, 0.25) is 0 Å². The summed E-state index contributed by atoms with van der Waals surface area (Å²) in [6.45, 7) is 0.668. The minimum Gasteiger partial charge on any atom is -0.443 e. The van der Waals surface area contributed by atoms with E-state index in [1.807, 2.05) is 18.2 Å². The lowest BCUT2D eigenvalue weighted by molar-refractivity contribution is 0.571. The minimum absolute atomic E-state index is 0. The van der Waals surface area contributed by atoms with E-state index in [4.69, 9.17) is 10.2 Å². The molecule has 0 aliphatic rings. The molecule has 0 radical (unpaired) electrons. The van der Waals surface area contributed by atoms with Gasteiger partial charge in [0, 0.05) is 12.0 Å². The Balaban J connectivity index is 0.00000176. The topological polar surface area (TPSA) is 52.0 Å². The molecule has 114 valence electrons. The van der Waals surface area contributed by atoms with Crippen molar-refractivity contribution in [3.63, 3.8) is 0 Å². The van der Waals surface area contributed by atoms with E-state index in [-0.39, 0.29) is 12.4 Å². The fraction of sp³-hybridized carbons (Fsp3) is 0.167. The molecule has 1 heterocycles. The predicted octanol–water partition coefficient (Wildman–Crippen LogP) is 3.86. The molecule has 3 aromatic rings. The largest absolute Gasteiger partial charge is 0.443 e. The molecule has 3 rings (SSSR count). The monoisotopic (exact) mass is 314 g/mol. The number of rotatable bonds is 5. The van der Waals surface area contributed by atoms with Crippen LogP contribution in [0.4, 0.5) is 0 Å². The smallest absolute Gasteiger partial charge is 0.181 e. The average molecular weight is 315 g/mol. The van der Waals surface area contributed by atoms with Crippen molar-refractivity contribution in [3.05, 3.63) is 77.8 Å². The third kappa shape index (κ3) is 3.75. The lowest BCUT2D eigenvalue weighted by Gasteiger charge is -2.04. The Kier molecular flexibility index (Phi) is 5.75. The summed E-state index contributed by atoms with van der Waals surface area (Å²) in [6.07, 6.45) is 3.19. The first-order valence-electron chi connectivity index (χ1n) is 7.12. The van der Waals surface area contributed by atoms with Gasteiger partial charge in [0.05, 0.1) is 5.69 Å². The first kappa shape index (κ1) is 16.3. The summed E-state index contributed by atoms with van der Waals surface area (Å²) in [5, 5.41) is 0. The van der Waals surface area contributed by atoms with Crippen molar-refractivity contribution in [1.82, 2.24) is 4.98 Å². The van der Waals surface area contributed by atoms with Gasteiger partial charge in [-0.1, -0.05) is 54.6 Å². The number of hydrogen-bond donors (Lipinski definition) is 1. The van der Waals surface area contributed by atoms with Gasteiger partial charge in [-0.3, -0.25) is 0 Å². The van der Waals surface area contributed by atoms with Gasteiger partial charge < -0.3 is 10.2 Å². The van der Waals surface area contributed by atoms with Crippen LogP contribution in [0.3, 0.4) is 0 Å². The molecule has 0 aliphatic carbocycles.